The number of piperidine rings is 1. The van der Waals surface area contributed by atoms with E-state index >= 15 is 0 Å². The molecule has 1 aromatic rings. The molecule has 1 aliphatic heterocycles. The third kappa shape index (κ3) is 5.17. The summed E-state index contributed by atoms with van der Waals surface area (Å²) >= 11 is 0. The first-order chi connectivity index (χ1) is 8.94. The third-order valence-corrected chi connectivity index (χ3v) is 3.11. The zero-order valence-corrected chi connectivity index (χ0v) is 11.5. The molecule has 1 N–H and O–H groups in total. The summed E-state index contributed by atoms with van der Waals surface area (Å²) in [6, 6.07) is 3.86. The van der Waals surface area contributed by atoms with Gasteiger partial charge < -0.3 is 10.1 Å². The van der Waals surface area contributed by atoms with Gasteiger partial charge in [-0.2, -0.15) is 13.2 Å². The smallest absolute Gasteiger partial charge is 0.422 e. The standard InChI is InChI=1S/C13H15F4NO.ClH/c14-11-5-10(9-1-3-18-4-2-9)6-12(7-11)19-8-13(15,16)17;/h5-7,9,18H,1-4,8H2;1H. The number of nitrogens with one attached hydrogen (secondary N) is 1. The highest BCUT2D eigenvalue weighted by molar-refractivity contribution is 5.85. The lowest BCUT2D eigenvalue weighted by Crippen LogP contribution is -2.26. The van der Waals surface area contributed by atoms with Gasteiger partial charge in [0.15, 0.2) is 6.61 Å². The van der Waals surface area contributed by atoms with E-state index in [1.54, 1.807) is 0 Å². The van der Waals surface area contributed by atoms with Crippen LogP contribution in [0.3, 0.4) is 0 Å². The molecule has 1 aliphatic rings. The lowest BCUT2D eigenvalue weighted by molar-refractivity contribution is -0.153. The number of alkyl halides is 3. The first kappa shape index (κ1) is 17.0. The summed E-state index contributed by atoms with van der Waals surface area (Å²) in [4.78, 5) is 0. The second-order valence-corrected chi connectivity index (χ2v) is 4.65. The van der Waals surface area contributed by atoms with Crippen LogP contribution in [0.1, 0.15) is 24.3 Å². The van der Waals surface area contributed by atoms with E-state index in [1.807, 2.05) is 0 Å². The van der Waals surface area contributed by atoms with E-state index in [-0.39, 0.29) is 24.1 Å². The van der Waals surface area contributed by atoms with Crippen molar-refractivity contribution >= 4 is 12.4 Å². The van der Waals surface area contributed by atoms with Crippen molar-refractivity contribution < 1.29 is 22.3 Å². The number of benzene rings is 1. The predicted molar refractivity (Wildman–Crippen MR) is 70.0 cm³/mol. The third-order valence-electron chi connectivity index (χ3n) is 3.11. The predicted octanol–water partition coefficient (Wildman–Crippen LogP) is 3.66. The molecule has 114 valence electrons. The Morgan fingerprint density at radius 2 is 1.80 bits per heavy atom. The minimum absolute atomic E-state index is 0. The summed E-state index contributed by atoms with van der Waals surface area (Å²) in [7, 11) is 0. The molecule has 0 bridgehead atoms. The lowest BCUT2D eigenvalue weighted by atomic mass is 9.90. The fourth-order valence-electron chi connectivity index (χ4n) is 2.22. The zero-order valence-electron chi connectivity index (χ0n) is 10.7. The van der Waals surface area contributed by atoms with Gasteiger partial charge in [-0.1, -0.05) is 0 Å². The maximum absolute atomic E-state index is 13.4. The number of hydrogen-bond donors (Lipinski definition) is 1. The first-order valence-electron chi connectivity index (χ1n) is 6.15. The highest BCUT2D eigenvalue weighted by Gasteiger charge is 2.28. The van der Waals surface area contributed by atoms with E-state index in [0.29, 0.717) is 5.56 Å². The van der Waals surface area contributed by atoms with Crippen molar-refractivity contribution in [2.75, 3.05) is 19.7 Å². The largest absolute Gasteiger partial charge is 0.484 e. The van der Waals surface area contributed by atoms with Crippen LogP contribution in [0, 0.1) is 5.82 Å². The van der Waals surface area contributed by atoms with Gasteiger partial charge in [-0.25, -0.2) is 4.39 Å². The van der Waals surface area contributed by atoms with Crippen LogP contribution in [0.5, 0.6) is 5.75 Å². The average molecular weight is 314 g/mol. The summed E-state index contributed by atoms with van der Waals surface area (Å²) in [5.74, 6) is -0.454. The van der Waals surface area contributed by atoms with Crippen LogP contribution in [-0.4, -0.2) is 25.9 Å². The van der Waals surface area contributed by atoms with Crippen molar-refractivity contribution in [1.82, 2.24) is 5.32 Å². The molecule has 0 spiro atoms. The van der Waals surface area contributed by atoms with Crippen molar-refractivity contribution in [3.8, 4) is 5.75 Å². The average Bonchev–Trinajstić information content (AvgIpc) is 2.36. The molecular weight excluding hydrogens is 298 g/mol. The Balaban J connectivity index is 0.00000200. The minimum Gasteiger partial charge on any atom is -0.484 e. The van der Waals surface area contributed by atoms with Crippen molar-refractivity contribution in [3.05, 3.63) is 29.6 Å². The molecule has 20 heavy (non-hydrogen) atoms. The molecule has 7 heteroatoms. The summed E-state index contributed by atoms with van der Waals surface area (Å²) in [5, 5.41) is 3.18. The van der Waals surface area contributed by atoms with Gasteiger partial charge in [0.05, 0.1) is 0 Å². The molecule has 0 saturated carbocycles. The Bertz CT molecular complexity index is 433. The fourth-order valence-corrected chi connectivity index (χ4v) is 2.22. The van der Waals surface area contributed by atoms with Crippen LogP contribution >= 0.6 is 12.4 Å². The van der Waals surface area contributed by atoms with Gasteiger partial charge in [0.1, 0.15) is 11.6 Å². The number of ether oxygens (including phenoxy) is 1. The Kier molecular flexibility index (Phi) is 6.07. The summed E-state index contributed by atoms with van der Waals surface area (Å²) < 4.78 is 54.2. The zero-order chi connectivity index (χ0) is 13.9. The van der Waals surface area contributed by atoms with E-state index in [2.05, 4.69) is 10.1 Å². The molecule has 1 fully saturated rings. The fraction of sp³-hybridized carbons (Fsp3) is 0.538. The van der Waals surface area contributed by atoms with E-state index in [1.165, 1.54) is 12.1 Å². The molecule has 0 radical (unpaired) electrons. The highest BCUT2D eigenvalue weighted by Crippen LogP contribution is 2.29. The van der Waals surface area contributed by atoms with Crippen molar-refractivity contribution in [1.29, 1.82) is 0 Å². The molecule has 2 nitrogen and oxygen atoms in total. The molecular formula is C13H16ClF4NO. The van der Waals surface area contributed by atoms with Gasteiger partial charge in [-0.15, -0.1) is 12.4 Å². The second kappa shape index (κ2) is 7.13. The summed E-state index contributed by atoms with van der Waals surface area (Å²) in [6.07, 6.45) is -2.72. The maximum atomic E-state index is 13.4. The summed E-state index contributed by atoms with van der Waals surface area (Å²) in [5.41, 5.74) is 0.707. The van der Waals surface area contributed by atoms with E-state index in [9.17, 15) is 17.6 Å². The van der Waals surface area contributed by atoms with Crippen LogP contribution < -0.4 is 10.1 Å². The minimum atomic E-state index is -4.42. The van der Waals surface area contributed by atoms with Gasteiger partial charge in [-0.05, 0) is 49.5 Å². The van der Waals surface area contributed by atoms with Gasteiger partial charge >= 0.3 is 6.18 Å². The van der Waals surface area contributed by atoms with Crippen LogP contribution in [0.15, 0.2) is 18.2 Å². The van der Waals surface area contributed by atoms with Gasteiger partial charge in [0, 0.05) is 6.07 Å². The Hall–Kier alpha value is -1.01. The van der Waals surface area contributed by atoms with E-state index < -0.39 is 18.6 Å². The van der Waals surface area contributed by atoms with Crippen LogP contribution in [0.4, 0.5) is 17.6 Å². The van der Waals surface area contributed by atoms with E-state index in [4.69, 9.17) is 0 Å². The lowest BCUT2D eigenvalue weighted by Gasteiger charge is -2.23. The van der Waals surface area contributed by atoms with E-state index in [0.717, 1.165) is 32.0 Å². The monoisotopic (exact) mass is 313 g/mol. The summed E-state index contributed by atoms with van der Waals surface area (Å²) in [6.45, 7) is 0.266. The molecule has 1 heterocycles. The molecule has 0 aromatic heterocycles. The molecule has 2 rings (SSSR count). The highest BCUT2D eigenvalue weighted by atomic mass is 35.5. The van der Waals surface area contributed by atoms with Crippen LogP contribution in [-0.2, 0) is 0 Å². The molecule has 0 atom stereocenters. The van der Waals surface area contributed by atoms with Crippen molar-refractivity contribution in [2.24, 2.45) is 0 Å². The number of hydrogen-bond acceptors (Lipinski definition) is 2. The van der Waals surface area contributed by atoms with Crippen LogP contribution in [0.2, 0.25) is 0 Å². The molecule has 0 amide bonds. The number of halogens is 5. The van der Waals surface area contributed by atoms with Gasteiger partial charge in [-0.3, -0.25) is 0 Å². The van der Waals surface area contributed by atoms with Gasteiger partial charge in [0.2, 0.25) is 0 Å². The second-order valence-electron chi connectivity index (χ2n) is 4.65. The maximum Gasteiger partial charge on any atom is 0.422 e. The molecule has 1 aromatic carbocycles. The van der Waals surface area contributed by atoms with Crippen molar-refractivity contribution in [3.63, 3.8) is 0 Å². The Morgan fingerprint density at radius 1 is 1.15 bits per heavy atom. The topological polar surface area (TPSA) is 21.3 Å². The molecule has 0 aliphatic carbocycles. The van der Waals surface area contributed by atoms with Crippen molar-refractivity contribution in [2.45, 2.75) is 24.9 Å². The van der Waals surface area contributed by atoms with Gasteiger partial charge in [0.25, 0.3) is 0 Å². The molecule has 1 saturated heterocycles. The molecule has 0 unspecified atom stereocenters. The normalized spacial score (nSPS) is 16.6. The Morgan fingerprint density at radius 3 is 2.40 bits per heavy atom. The van der Waals surface area contributed by atoms with Crippen LogP contribution in [0.25, 0.3) is 0 Å². The quantitative estimate of drug-likeness (QED) is 0.860. The Labute approximate surface area is 120 Å². The SMILES string of the molecule is Cl.Fc1cc(OCC(F)(F)F)cc(C2CCNCC2)c1. The number of rotatable bonds is 3. The first-order valence-corrected chi connectivity index (χ1v) is 6.15.